The van der Waals surface area contributed by atoms with Crippen molar-refractivity contribution in [3.05, 3.63) is 35.4 Å². The number of anilines is 1. The van der Waals surface area contributed by atoms with Gasteiger partial charge >= 0.3 is 5.69 Å². The maximum Gasteiger partial charge on any atom is 0.351 e. The van der Waals surface area contributed by atoms with E-state index in [-0.39, 0.29) is 22.0 Å². The Kier molecular flexibility index (Phi) is 7.44. The van der Waals surface area contributed by atoms with Crippen molar-refractivity contribution in [1.29, 1.82) is 0 Å². The van der Waals surface area contributed by atoms with Gasteiger partial charge in [-0.3, -0.25) is 4.57 Å². The molecule has 0 radical (unpaired) electrons. The molecule has 0 aromatic carbocycles. The molecule has 1 unspecified atom stereocenters. The molecule has 1 aromatic heterocycles. The van der Waals surface area contributed by atoms with Gasteiger partial charge in [-0.2, -0.15) is 4.98 Å². The third-order valence-electron chi connectivity index (χ3n) is 7.53. The van der Waals surface area contributed by atoms with Crippen LogP contribution in [-0.4, -0.2) is 44.5 Å². The first-order chi connectivity index (χ1) is 14.4. The molecule has 9 heteroatoms. The van der Waals surface area contributed by atoms with E-state index in [9.17, 15) is 4.79 Å². The lowest BCUT2D eigenvalue weighted by molar-refractivity contribution is -0.0920. The Hall–Kier alpha value is -1.27. The van der Waals surface area contributed by atoms with Crippen LogP contribution >= 0.6 is 0 Å². The molecule has 7 nitrogen and oxygen atoms in total. The lowest BCUT2D eigenvalue weighted by Crippen LogP contribution is -2.54. The van der Waals surface area contributed by atoms with Crippen molar-refractivity contribution in [3.8, 4) is 0 Å². The summed E-state index contributed by atoms with van der Waals surface area (Å²) < 4.78 is 21.5. The van der Waals surface area contributed by atoms with E-state index in [2.05, 4.69) is 79.3 Å². The second kappa shape index (κ2) is 8.83. The van der Waals surface area contributed by atoms with Crippen LogP contribution in [-0.2, 0) is 13.6 Å². The first-order valence-electron chi connectivity index (χ1n) is 11.3. The van der Waals surface area contributed by atoms with Crippen LogP contribution in [0.25, 0.3) is 0 Å². The molecule has 2 N–H and O–H groups in total. The quantitative estimate of drug-likeness (QED) is 0.431. The number of ether oxygens (including phenoxy) is 1. The Morgan fingerprint density at radius 2 is 1.78 bits per heavy atom. The van der Waals surface area contributed by atoms with Gasteiger partial charge in [-0.05, 0) is 42.3 Å². The average molecular weight is 482 g/mol. The van der Waals surface area contributed by atoms with E-state index in [1.165, 1.54) is 4.57 Å². The van der Waals surface area contributed by atoms with Gasteiger partial charge in [-0.1, -0.05) is 47.6 Å². The molecule has 32 heavy (non-hydrogen) atoms. The van der Waals surface area contributed by atoms with Gasteiger partial charge in [0.2, 0.25) is 0 Å². The Bertz CT molecular complexity index is 886. The van der Waals surface area contributed by atoms with Crippen molar-refractivity contribution in [1.82, 2.24) is 9.55 Å². The molecule has 0 bridgehead atoms. The largest absolute Gasteiger partial charge is 0.413 e. The van der Waals surface area contributed by atoms with E-state index in [1.54, 1.807) is 18.3 Å². The maximum absolute atomic E-state index is 12.5. The molecule has 3 atom stereocenters. The molecule has 1 saturated heterocycles. The van der Waals surface area contributed by atoms with E-state index < -0.39 is 34.2 Å². The lowest BCUT2D eigenvalue weighted by Gasteiger charge is -2.44. The summed E-state index contributed by atoms with van der Waals surface area (Å²) in [6.07, 6.45) is 3.11. The minimum absolute atomic E-state index is 0.0257. The zero-order chi connectivity index (χ0) is 24.8. The van der Waals surface area contributed by atoms with Crippen LogP contribution in [0.4, 0.5) is 5.82 Å². The summed E-state index contributed by atoms with van der Waals surface area (Å²) in [7, 11) is -4.18. The van der Waals surface area contributed by atoms with Gasteiger partial charge in [0.05, 0.1) is 12.7 Å². The number of nitrogens with two attached hydrogens (primary N) is 1. The molecule has 182 valence electrons. The highest BCUT2D eigenvalue weighted by Crippen LogP contribution is 2.46. The zero-order valence-corrected chi connectivity index (χ0v) is 23.6. The molecule has 1 aliphatic heterocycles. The van der Waals surface area contributed by atoms with Crippen LogP contribution in [0.5, 0.6) is 0 Å². The van der Waals surface area contributed by atoms with Crippen molar-refractivity contribution in [3.63, 3.8) is 0 Å². The molecule has 1 fully saturated rings. The average Bonchev–Trinajstić information content (AvgIpc) is 2.96. The minimum atomic E-state index is -2.13. The van der Waals surface area contributed by atoms with Gasteiger partial charge in [0.25, 0.3) is 0 Å². The third kappa shape index (κ3) is 5.44. The SMILES string of the molecule is C=C[C@]1(CO[Si](C)(C)C(C)(C)C)O[C@@H](n2ccc(N)nc2=O)CC1O[Si](C)(C)C(C)(C)C. The third-order valence-corrected chi connectivity index (χ3v) is 16.5. The fourth-order valence-corrected chi connectivity index (χ4v) is 5.51. The standard InChI is InChI=1S/C23H43N3O4Si2/c1-12-23(16-28-31(8,9)21(2,3)4)17(30-32(10,11)22(5,6)7)15-19(29-23)26-14-13-18(24)25-20(26)27/h12-14,17,19H,1,15-16H2,2-11H3,(H2,24,25,27)/t17?,19-,23-/m1/s1. The van der Waals surface area contributed by atoms with Gasteiger partial charge in [0, 0.05) is 12.6 Å². The van der Waals surface area contributed by atoms with Gasteiger partial charge in [0.15, 0.2) is 16.6 Å². The van der Waals surface area contributed by atoms with Crippen molar-refractivity contribution in [2.75, 3.05) is 12.3 Å². The summed E-state index contributed by atoms with van der Waals surface area (Å²) in [6.45, 7) is 26.6. The number of nitrogens with zero attached hydrogens (tertiary/aromatic N) is 2. The maximum atomic E-state index is 12.5. The second-order valence-electron chi connectivity index (χ2n) is 11.9. The molecular formula is C23H43N3O4Si2. The predicted octanol–water partition coefficient (Wildman–Crippen LogP) is 5.08. The number of hydrogen-bond acceptors (Lipinski definition) is 6. The molecular weight excluding hydrogens is 438 g/mol. The summed E-state index contributed by atoms with van der Waals surface area (Å²) in [4.78, 5) is 16.4. The highest BCUT2D eigenvalue weighted by atomic mass is 28.4. The molecule has 1 aromatic rings. The summed E-state index contributed by atoms with van der Waals surface area (Å²) in [5, 5.41) is 0.0822. The molecule has 0 saturated carbocycles. The molecule has 1 aliphatic rings. The Morgan fingerprint density at radius 1 is 1.22 bits per heavy atom. The molecule has 2 rings (SSSR count). The topological polar surface area (TPSA) is 88.6 Å². The Balaban J connectivity index is 2.45. The molecule has 0 aliphatic carbocycles. The molecule has 0 spiro atoms. The monoisotopic (exact) mass is 481 g/mol. The highest BCUT2D eigenvalue weighted by molar-refractivity contribution is 6.74. The smallest absolute Gasteiger partial charge is 0.351 e. The van der Waals surface area contributed by atoms with E-state index in [0.717, 1.165) is 0 Å². The predicted molar refractivity (Wildman–Crippen MR) is 136 cm³/mol. The van der Waals surface area contributed by atoms with Gasteiger partial charge in [-0.25, -0.2) is 4.79 Å². The first-order valence-corrected chi connectivity index (χ1v) is 17.1. The van der Waals surface area contributed by atoms with Gasteiger partial charge in [0.1, 0.15) is 17.6 Å². The van der Waals surface area contributed by atoms with E-state index >= 15 is 0 Å². The fraction of sp³-hybridized carbons (Fsp3) is 0.739. The van der Waals surface area contributed by atoms with Crippen LogP contribution in [0, 0.1) is 0 Å². The number of hydrogen-bond donors (Lipinski definition) is 1. The Morgan fingerprint density at radius 3 is 2.25 bits per heavy atom. The summed E-state index contributed by atoms with van der Waals surface area (Å²) in [5.41, 5.74) is 4.38. The van der Waals surface area contributed by atoms with Gasteiger partial charge in [-0.15, -0.1) is 6.58 Å². The van der Waals surface area contributed by atoms with Crippen molar-refractivity contribution in [2.45, 2.75) is 102 Å². The van der Waals surface area contributed by atoms with E-state index in [4.69, 9.17) is 19.3 Å². The van der Waals surface area contributed by atoms with E-state index in [0.29, 0.717) is 13.0 Å². The van der Waals surface area contributed by atoms with Crippen molar-refractivity contribution in [2.24, 2.45) is 0 Å². The zero-order valence-electron chi connectivity index (χ0n) is 21.6. The summed E-state index contributed by atoms with van der Waals surface area (Å²) in [5.74, 6) is 0.189. The van der Waals surface area contributed by atoms with Crippen LogP contribution in [0.15, 0.2) is 29.7 Å². The normalized spacial score (nSPS) is 25.2. The first kappa shape index (κ1) is 27.0. The molecule has 2 heterocycles. The minimum Gasteiger partial charge on any atom is -0.413 e. The van der Waals surface area contributed by atoms with Crippen molar-refractivity contribution < 1.29 is 13.6 Å². The van der Waals surface area contributed by atoms with Gasteiger partial charge < -0.3 is 19.3 Å². The van der Waals surface area contributed by atoms with E-state index in [1.807, 2.05) is 0 Å². The van der Waals surface area contributed by atoms with Crippen LogP contribution < -0.4 is 11.4 Å². The summed E-state index contributed by atoms with van der Waals surface area (Å²) in [6, 6.07) is 1.61. The number of nitrogen functional groups attached to an aromatic ring is 1. The molecule has 0 amide bonds. The lowest BCUT2D eigenvalue weighted by atomic mass is 9.98. The number of rotatable bonds is 7. The fourth-order valence-electron chi connectivity index (χ4n) is 3.13. The second-order valence-corrected chi connectivity index (χ2v) is 21.5. The Labute approximate surface area is 195 Å². The van der Waals surface area contributed by atoms with Crippen molar-refractivity contribution >= 4 is 22.5 Å². The number of aromatic nitrogens is 2. The summed E-state index contributed by atoms with van der Waals surface area (Å²) >= 11 is 0. The highest BCUT2D eigenvalue weighted by Gasteiger charge is 2.53. The van der Waals surface area contributed by atoms with Crippen LogP contribution in [0.3, 0.4) is 0 Å². The van der Waals surface area contributed by atoms with Crippen LogP contribution in [0.1, 0.15) is 54.2 Å². The van der Waals surface area contributed by atoms with Crippen LogP contribution in [0.2, 0.25) is 36.3 Å².